The van der Waals surface area contributed by atoms with Crippen molar-refractivity contribution < 1.29 is 18.3 Å². The summed E-state index contributed by atoms with van der Waals surface area (Å²) in [4.78, 5) is 13.8. The number of nitrogens with zero attached hydrogens (tertiary/aromatic N) is 1. The van der Waals surface area contributed by atoms with Crippen LogP contribution in [0.2, 0.25) is 0 Å². The molecule has 0 saturated carbocycles. The Bertz CT molecular complexity index is 554. The largest absolute Gasteiger partial charge is 0.444 e. The van der Waals surface area contributed by atoms with Crippen LogP contribution in [-0.4, -0.2) is 29.2 Å². The lowest BCUT2D eigenvalue weighted by Crippen LogP contribution is -2.40. The molecule has 1 aromatic rings. The number of halogens is 2. The van der Waals surface area contributed by atoms with Crippen molar-refractivity contribution in [2.45, 2.75) is 52.2 Å². The Hall–Kier alpha value is -1.65. The van der Waals surface area contributed by atoms with Crippen LogP contribution in [0.5, 0.6) is 0 Å². The fourth-order valence-corrected chi connectivity index (χ4v) is 2.84. The molecule has 0 bridgehead atoms. The highest BCUT2D eigenvalue weighted by Gasteiger charge is 2.36. The second kappa shape index (κ2) is 6.23. The minimum absolute atomic E-state index is 0.0579. The second-order valence-electron chi connectivity index (χ2n) is 6.90. The number of carbonyl (C=O) groups excluding carboxylic acids is 1. The van der Waals surface area contributed by atoms with Gasteiger partial charge in [0.05, 0.1) is 0 Å². The third kappa shape index (κ3) is 3.96. The highest BCUT2D eigenvalue weighted by Crippen LogP contribution is 2.29. The molecule has 1 unspecified atom stereocenters. The van der Waals surface area contributed by atoms with E-state index in [-0.39, 0.29) is 18.1 Å². The third-order valence-electron chi connectivity index (χ3n) is 4.03. The van der Waals surface area contributed by atoms with Crippen molar-refractivity contribution in [2.24, 2.45) is 5.92 Å². The normalized spacial score (nSPS) is 22.0. The van der Waals surface area contributed by atoms with Crippen molar-refractivity contribution in [1.82, 2.24) is 4.90 Å². The summed E-state index contributed by atoms with van der Waals surface area (Å²) < 4.78 is 32.4. The van der Waals surface area contributed by atoms with E-state index in [0.717, 1.165) is 18.6 Å². The number of benzene rings is 1. The maximum Gasteiger partial charge on any atom is 0.410 e. The molecule has 0 radical (unpaired) electrons. The molecule has 122 valence electrons. The number of carbonyl (C=O) groups is 1. The van der Waals surface area contributed by atoms with Gasteiger partial charge in [-0.3, -0.25) is 0 Å². The van der Waals surface area contributed by atoms with Gasteiger partial charge >= 0.3 is 6.09 Å². The van der Waals surface area contributed by atoms with Gasteiger partial charge in [-0.15, -0.1) is 0 Å². The van der Waals surface area contributed by atoms with E-state index in [1.54, 1.807) is 4.90 Å². The van der Waals surface area contributed by atoms with Crippen molar-refractivity contribution in [3.63, 3.8) is 0 Å². The van der Waals surface area contributed by atoms with Gasteiger partial charge < -0.3 is 9.64 Å². The SMILES string of the molecule is CC1[C@@H](Cc2cc(F)ccc2F)CCN1C(=O)OC(C)(C)C. The van der Waals surface area contributed by atoms with E-state index in [0.29, 0.717) is 18.5 Å². The van der Waals surface area contributed by atoms with Crippen LogP contribution in [0.4, 0.5) is 13.6 Å². The highest BCUT2D eigenvalue weighted by atomic mass is 19.1. The molecule has 1 fully saturated rings. The summed E-state index contributed by atoms with van der Waals surface area (Å²) in [5, 5.41) is 0. The van der Waals surface area contributed by atoms with Gasteiger partial charge in [-0.2, -0.15) is 0 Å². The zero-order chi connectivity index (χ0) is 16.5. The summed E-state index contributed by atoms with van der Waals surface area (Å²) in [6.45, 7) is 7.98. The number of rotatable bonds is 2. The summed E-state index contributed by atoms with van der Waals surface area (Å²) in [5.74, 6) is -0.737. The van der Waals surface area contributed by atoms with Crippen molar-refractivity contribution in [1.29, 1.82) is 0 Å². The molecule has 1 heterocycles. The number of ether oxygens (including phenoxy) is 1. The predicted molar refractivity (Wildman–Crippen MR) is 80.6 cm³/mol. The topological polar surface area (TPSA) is 29.5 Å². The fraction of sp³-hybridized carbons (Fsp3) is 0.588. The average Bonchev–Trinajstić information content (AvgIpc) is 2.74. The van der Waals surface area contributed by atoms with Crippen LogP contribution < -0.4 is 0 Å². The summed E-state index contributed by atoms with van der Waals surface area (Å²) in [7, 11) is 0. The van der Waals surface area contributed by atoms with Crippen molar-refractivity contribution in [3.05, 3.63) is 35.4 Å². The molecule has 5 heteroatoms. The van der Waals surface area contributed by atoms with E-state index >= 15 is 0 Å². The molecule has 1 amide bonds. The quantitative estimate of drug-likeness (QED) is 0.821. The van der Waals surface area contributed by atoms with Crippen LogP contribution in [0.1, 0.15) is 39.7 Å². The molecule has 2 rings (SSSR count). The monoisotopic (exact) mass is 311 g/mol. The molecule has 2 atom stereocenters. The Balaban J connectivity index is 2.03. The first-order chi connectivity index (χ1) is 10.2. The molecule has 0 aromatic heterocycles. The number of amides is 1. The minimum atomic E-state index is -0.538. The maximum atomic E-state index is 13.8. The molecular formula is C17H23F2NO2. The lowest BCUT2D eigenvalue weighted by molar-refractivity contribution is 0.0222. The first kappa shape index (κ1) is 16.7. The van der Waals surface area contributed by atoms with Crippen LogP contribution in [0.15, 0.2) is 18.2 Å². The number of likely N-dealkylation sites (tertiary alicyclic amines) is 1. The van der Waals surface area contributed by atoms with Crippen LogP contribution in [0.3, 0.4) is 0 Å². The Morgan fingerprint density at radius 1 is 1.36 bits per heavy atom. The average molecular weight is 311 g/mol. The highest BCUT2D eigenvalue weighted by molar-refractivity contribution is 5.69. The van der Waals surface area contributed by atoms with Crippen LogP contribution in [0, 0.1) is 17.6 Å². The first-order valence-corrected chi connectivity index (χ1v) is 7.61. The Morgan fingerprint density at radius 2 is 2.05 bits per heavy atom. The Morgan fingerprint density at radius 3 is 2.68 bits per heavy atom. The molecule has 1 aliphatic heterocycles. The summed E-state index contributed by atoms with van der Waals surface area (Å²) >= 11 is 0. The molecular weight excluding hydrogens is 288 g/mol. The predicted octanol–water partition coefficient (Wildman–Crippen LogP) is 4.15. The van der Waals surface area contributed by atoms with Gasteiger partial charge in [-0.25, -0.2) is 13.6 Å². The molecule has 0 N–H and O–H groups in total. The molecule has 1 saturated heterocycles. The maximum absolute atomic E-state index is 13.8. The summed E-state index contributed by atoms with van der Waals surface area (Å²) in [5.41, 5.74) is -0.174. The molecule has 1 aromatic carbocycles. The van der Waals surface area contributed by atoms with Crippen molar-refractivity contribution in [3.8, 4) is 0 Å². The van der Waals surface area contributed by atoms with E-state index in [1.807, 2.05) is 27.7 Å². The van der Waals surface area contributed by atoms with E-state index in [4.69, 9.17) is 4.74 Å². The van der Waals surface area contributed by atoms with E-state index in [1.165, 1.54) is 6.07 Å². The van der Waals surface area contributed by atoms with Gasteiger partial charge in [0.1, 0.15) is 17.2 Å². The van der Waals surface area contributed by atoms with E-state index < -0.39 is 17.2 Å². The number of hydrogen-bond acceptors (Lipinski definition) is 2. The minimum Gasteiger partial charge on any atom is -0.444 e. The van der Waals surface area contributed by atoms with E-state index in [2.05, 4.69) is 0 Å². The lowest BCUT2D eigenvalue weighted by atomic mass is 9.93. The van der Waals surface area contributed by atoms with Crippen LogP contribution in [-0.2, 0) is 11.2 Å². The zero-order valence-corrected chi connectivity index (χ0v) is 13.5. The van der Waals surface area contributed by atoms with E-state index in [9.17, 15) is 13.6 Å². The van der Waals surface area contributed by atoms with Gasteiger partial charge in [0.2, 0.25) is 0 Å². The third-order valence-corrected chi connectivity index (χ3v) is 4.03. The van der Waals surface area contributed by atoms with Crippen LogP contribution >= 0.6 is 0 Å². The Labute approximate surface area is 130 Å². The standard InChI is InChI=1S/C17H23F2NO2/c1-11-12(9-13-10-14(18)5-6-15(13)19)7-8-20(11)16(21)22-17(2,3)4/h5-6,10-12H,7-9H2,1-4H3/t11?,12-/m1/s1. The van der Waals surface area contributed by atoms with Crippen LogP contribution in [0.25, 0.3) is 0 Å². The van der Waals surface area contributed by atoms with Gasteiger partial charge in [-0.1, -0.05) is 0 Å². The second-order valence-corrected chi connectivity index (χ2v) is 6.90. The molecule has 0 spiro atoms. The van der Waals surface area contributed by atoms with Gasteiger partial charge in [0, 0.05) is 12.6 Å². The van der Waals surface area contributed by atoms with Gasteiger partial charge in [0.15, 0.2) is 0 Å². The summed E-state index contributed by atoms with van der Waals surface area (Å²) in [6.07, 6.45) is 0.836. The van der Waals surface area contributed by atoms with Gasteiger partial charge in [-0.05, 0) is 70.2 Å². The Kier molecular flexibility index (Phi) is 4.73. The van der Waals surface area contributed by atoms with Crippen molar-refractivity contribution >= 4 is 6.09 Å². The fourth-order valence-electron chi connectivity index (χ4n) is 2.84. The summed E-state index contributed by atoms with van der Waals surface area (Å²) in [6, 6.07) is 3.44. The molecule has 22 heavy (non-hydrogen) atoms. The first-order valence-electron chi connectivity index (χ1n) is 7.61. The number of hydrogen-bond donors (Lipinski definition) is 0. The van der Waals surface area contributed by atoms with Gasteiger partial charge in [0.25, 0.3) is 0 Å². The smallest absolute Gasteiger partial charge is 0.410 e. The molecule has 3 nitrogen and oxygen atoms in total. The molecule has 0 aliphatic carbocycles. The zero-order valence-electron chi connectivity index (χ0n) is 13.5. The molecule has 1 aliphatic rings. The van der Waals surface area contributed by atoms with Crippen molar-refractivity contribution in [2.75, 3.05) is 6.54 Å². The lowest BCUT2D eigenvalue weighted by Gasteiger charge is -2.28.